The van der Waals surface area contributed by atoms with Crippen LogP contribution in [-0.4, -0.2) is 17.1 Å². The smallest absolute Gasteiger partial charge is 0.315 e. The number of benzene rings is 1. The third-order valence-electron chi connectivity index (χ3n) is 3.63. The van der Waals surface area contributed by atoms with Crippen LogP contribution >= 0.6 is 0 Å². The minimum Gasteiger partial charge on any atom is -0.345 e. The van der Waals surface area contributed by atoms with Crippen LogP contribution in [-0.2, 0) is 13.1 Å². The molecule has 0 bridgehead atoms. The number of carbonyl (C=O) groups excluding carboxylic acids is 1. The van der Waals surface area contributed by atoms with Crippen LogP contribution in [0.25, 0.3) is 0 Å². The summed E-state index contributed by atoms with van der Waals surface area (Å²) in [4.78, 5) is 11.8. The van der Waals surface area contributed by atoms with Gasteiger partial charge < -0.3 is 15.2 Å². The van der Waals surface area contributed by atoms with Crippen LogP contribution in [0.1, 0.15) is 31.5 Å². The molecule has 2 amide bonds. The fraction of sp³-hybridized carbons (Fsp3) is 0.389. The number of nitrogens with zero attached hydrogens (tertiary/aromatic N) is 1. The molecule has 2 rings (SSSR count). The van der Waals surface area contributed by atoms with Crippen molar-refractivity contribution in [3.63, 3.8) is 0 Å². The highest BCUT2D eigenvalue weighted by atomic mass is 19.1. The molecule has 0 saturated carbocycles. The molecular weight excluding hydrogens is 293 g/mol. The topological polar surface area (TPSA) is 46.1 Å². The van der Waals surface area contributed by atoms with E-state index in [-0.39, 0.29) is 11.8 Å². The van der Waals surface area contributed by atoms with Crippen molar-refractivity contribution in [2.24, 2.45) is 5.92 Å². The van der Waals surface area contributed by atoms with Crippen molar-refractivity contribution in [1.29, 1.82) is 0 Å². The van der Waals surface area contributed by atoms with Crippen LogP contribution in [0.4, 0.5) is 9.18 Å². The number of carbonyl (C=O) groups is 1. The third kappa shape index (κ3) is 5.77. The van der Waals surface area contributed by atoms with E-state index in [0.29, 0.717) is 25.6 Å². The lowest BCUT2D eigenvalue weighted by Crippen LogP contribution is -2.36. The van der Waals surface area contributed by atoms with E-state index in [4.69, 9.17) is 0 Å². The van der Waals surface area contributed by atoms with E-state index in [1.54, 1.807) is 12.1 Å². The van der Waals surface area contributed by atoms with E-state index < -0.39 is 0 Å². The molecule has 2 aromatic rings. The number of nitrogens with one attached hydrogen (secondary N) is 2. The van der Waals surface area contributed by atoms with Gasteiger partial charge in [-0.3, -0.25) is 0 Å². The van der Waals surface area contributed by atoms with Crippen molar-refractivity contribution >= 4 is 6.03 Å². The van der Waals surface area contributed by atoms with Crippen molar-refractivity contribution in [3.05, 3.63) is 59.7 Å². The van der Waals surface area contributed by atoms with Crippen LogP contribution < -0.4 is 10.6 Å². The fourth-order valence-electron chi connectivity index (χ4n) is 2.26. The van der Waals surface area contributed by atoms with Gasteiger partial charge >= 0.3 is 6.03 Å². The second-order valence-corrected chi connectivity index (χ2v) is 6.05. The molecule has 1 aromatic heterocycles. The van der Waals surface area contributed by atoms with Crippen LogP contribution in [0.5, 0.6) is 0 Å². The minimum absolute atomic E-state index is 0.153. The number of urea groups is 1. The number of rotatable bonds is 7. The summed E-state index contributed by atoms with van der Waals surface area (Å²) in [7, 11) is 0. The molecule has 0 saturated heterocycles. The van der Waals surface area contributed by atoms with Gasteiger partial charge in [0.25, 0.3) is 0 Å². The Bertz CT molecular complexity index is 619. The molecule has 23 heavy (non-hydrogen) atoms. The highest BCUT2D eigenvalue weighted by molar-refractivity contribution is 5.73. The van der Waals surface area contributed by atoms with Crippen LogP contribution in [0.15, 0.2) is 42.6 Å². The van der Waals surface area contributed by atoms with Gasteiger partial charge in [-0.25, -0.2) is 9.18 Å². The highest BCUT2D eigenvalue weighted by Gasteiger charge is 2.05. The molecule has 0 radical (unpaired) electrons. The van der Waals surface area contributed by atoms with E-state index in [1.807, 2.05) is 22.9 Å². The molecule has 0 aliphatic rings. The Kier molecular flexibility index (Phi) is 6.20. The molecule has 4 nitrogen and oxygen atoms in total. The maximum atomic E-state index is 12.9. The van der Waals surface area contributed by atoms with E-state index in [0.717, 1.165) is 17.7 Å². The normalized spacial score (nSPS) is 10.8. The van der Waals surface area contributed by atoms with Crippen molar-refractivity contribution in [1.82, 2.24) is 15.2 Å². The summed E-state index contributed by atoms with van der Waals surface area (Å²) >= 11 is 0. The highest BCUT2D eigenvalue weighted by Crippen LogP contribution is 2.09. The van der Waals surface area contributed by atoms with Crippen LogP contribution in [0, 0.1) is 11.7 Å². The largest absolute Gasteiger partial charge is 0.345 e. The molecular formula is C18H24FN3O. The summed E-state index contributed by atoms with van der Waals surface area (Å²) in [6, 6.07) is 10.2. The van der Waals surface area contributed by atoms with E-state index in [2.05, 4.69) is 24.5 Å². The summed E-state index contributed by atoms with van der Waals surface area (Å²) < 4.78 is 15.0. The minimum atomic E-state index is -0.235. The van der Waals surface area contributed by atoms with Crippen molar-refractivity contribution in [3.8, 4) is 0 Å². The average molecular weight is 317 g/mol. The molecule has 0 spiro atoms. The summed E-state index contributed by atoms with van der Waals surface area (Å²) in [6.45, 7) is 6.05. The third-order valence-corrected chi connectivity index (χ3v) is 3.63. The predicted octanol–water partition coefficient (Wildman–Crippen LogP) is 3.52. The van der Waals surface area contributed by atoms with Gasteiger partial charge in [0.2, 0.25) is 0 Å². The van der Waals surface area contributed by atoms with E-state index in [1.165, 1.54) is 12.1 Å². The van der Waals surface area contributed by atoms with Crippen LogP contribution in [0.3, 0.4) is 0 Å². The van der Waals surface area contributed by atoms with Gasteiger partial charge in [0, 0.05) is 25.0 Å². The van der Waals surface area contributed by atoms with Crippen LogP contribution in [0.2, 0.25) is 0 Å². The molecule has 1 heterocycles. The number of hydrogen-bond donors (Lipinski definition) is 2. The van der Waals surface area contributed by atoms with Crippen molar-refractivity contribution in [2.75, 3.05) is 6.54 Å². The summed E-state index contributed by atoms with van der Waals surface area (Å²) in [5, 5.41) is 5.71. The summed E-state index contributed by atoms with van der Waals surface area (Å²) in [5.74, 6) is 0.337. The first kappa shape index (κ1) is 17.1. The summed E-state index contributed by atoms with van der Waals surface area (Å²) in [5.41, 5.74) is 2.03. The van der Waals surface area contributed by atoms with Gasteiger partial charge in [-0.15, -0.1) is 0 Å². The molecule has 0 fully saturated rings. The first-order valence-electron chi connectivity index (χ1n) is 7.95. The molecule has 5 heteroatoms. The van der Waals surface area contributed by atoms with Gasteiger partial charge in [-0.1, -0.05) is 26.0 Å². The maximum Gasteiger partial charge on any atom is 0.315 e. The first-order valence-corrected chi connectivity index (χ1v) is 7.95. The molecule has 1 aromatic carbocycles. The molecule has 0 aliphatic carbocycles. The Balaban J connectivity index is 1.83. The lowest BCUT2D eigenvalue weighted by Gasteiger charge is -2.12. The maximum absolute atomic E-state index is 12.9. The molecule has 0 atom stereocenters. The van der Waals surface area contributed by atoms with Crippen molar-refractivity contribution < 1.29 is 9.18 Å². The second kappa shape index (κ2) is 8.36. The zero-order valence-electron chi connectivity index (χ0n) is 13.7. The SMILES string of the molecule is CC(C)CCNC(=O)NCc1cccn1Cc1ccc(F)cc1. The van der Waals surface area contributed by atoms with Gasteiger partial charge in [0.15, 0.2) is 0 Å². The number of amides is 2. The Morgan fingerprint density at radius 3 is 2.61 bits per heavy atom. The van der Waals surface area contributed by atoms with Crippen molar-refractivity contribution in [2.45, 2.75) is 33.4 Å². The van der Waals surface area contributed by atoms with Gasteiger partial charge in [0.05, 0.1) is 6.54 Å². The molecule has 2 N–H and O–H groups in total. The molecule has 0 unspecified atom stereocenters. The first-order chi connectivity index (χ1) is 11.0. The van der Waals surface area contributed by atoms with E-state index >= 15 is 0 Å². The average Bonchev–Trinajstić information content (AvgIpc) is 2.94. The Labute approximate surface area is 136 Å². The number of hydrogen-bond acceptors (Lipinski definition) is 1. The Morgan fingerprint density at radius 1 is 1.17 bits per heavy atom. The number of halogens is 1. The lowest BCUT2D eigenvalue weighted by atomic mass is 10.1. The Hall–Kier alpha value is -2.30. The zero-order valence-corrected chi connectivity index (χ0v) is 13.7. The molecule has 0 aliphatic heterocycles. The molecule has 124 valence electrons. The zero-order chi connectivity index (χ0) is 16.7. The Morgan fingerprint density at radius 2 is 1.91 bits per heavy atom. The second-order valence-electron chi connectivity index (χ2n) is 6.05. The van der Waals surface area contributed by atoms with Gasteiger partial charge in [-0.05, 0) is 42.2 Å². The number of aromatic nitrogens is 1. The summed E-state index contributed by atoms with van der Waals surface area (Å²) in [6.07, 6.45) is 2.92. The van der Waals surface area contributed by atoms with E-state index in [9.17, 15) is 9.18 Å². The lowest BCUT2D eigenvalue weighted by molar-refractivity contribution is 0.239. The monoisotopic (exact) mass is 317 g/mol. The predicted molar refractivity (Wildman–Crippen MR) is 89.6 cm³/mol. The van der Waals surface area contributed by atoms with Gasteiger partial charge in [-0.2, -0.15) is 0 Å². The quantitative estimate of drug-likeness (QED) is 0.806. The van der Waals surface area contributed by atoms with Gasteiger partial charge in [0.1, 0.15) is 5.82 Å². The standard InChI is InChI=1S/C18H24FN3O/c1-14(2)9-10-20-18(23)21-12-17-4-3-11-22(17)13-15-5-7-16(19)8-6-15/h3-8,11,14H,9-10,12-13H2,1-2H3,(H2,20,21,23). The fourth-order valence-corrected chi connectivity index (χ4v) is 2.26.